The predicted octanol–water partition coefficient (Wildman–Crippen LogP) is 3.86. The van der Waals surface area contributed by atoms with Crippen molar-refractivity contribution in [3.8, 4) is 0 Å². The van der Waals surface area contributed by atoms with Crippen LogP contribution in [0.2, 0.25) is 0 Å². The number of nitrogens with one attached hydrogen (secondary N) is 1. The number of rotatable bonds is 6. The van der Waals surface area contributed by atoms with E-state index < -0.39 is 40.8 Å². The van der Waals surface area contributed by atoms with Gasteiger partial charge in [-0.25, -0.2) is 13.6 Å². The van der Waals surface area contributed by atoms with Crippen LogP contribution in [0.1, 0.15) is 61.3 Å². The highest BCUT2D eigenvalue weighted by Crippen LogP contribution is 2.59. The number of ether oxygens (including phenoxy) is 1. The van der Waals surface area contributed by atoms with Crippen LogP contribution in [0.5, 0.6) is 0 Å². The fraction of sp³-hybridized carbons (Fsp3) is 0.571. The molecule has 1 unspecified atom stereocenters. The first-order valence-electron chi connectivity index (χ1n) is 9.68. The van der Waals surface area contributed by atoms with Crippen LogP contribution in [-0.4, -0.2) is 47.4 Å². The smallest absolute Gasteiger partial charge is 0.407 e. The Labute approximate surface area is 168 Å². The van der Waals surface area contributed by atoms with E-state index in [0.29, 0.717) is 0 Å². The van der Waals surface area contributed by atoms with Crippen LogP contribution in [0.3, 0.4) is 0 Å². The number of nitrogens with zero attached hydrogens (tertiary/aromatic N) is 1. The minimum atomic E-state index is -3.17. The summed E-state index contributed by atoms with van der Waals surface area (Å²) in [6.45, 7) is 5.81. The van der Waals surface area contributed by atoms with E-state index in [9.17, 15) is 14.4 Å². The van der Waals surface area contributed by atoms with Crippen molar-refractivity contribution in [3.63, 3.8) is 0 Å². The number of alkyl carbamates (subject to hydrolysis) is 1. The molecule has 1 aliphatic carbocycles. The summed E-state index contributed by atoms with van der Waals surface area (Å²) in [4.78, 5) is 37.7. The van der Waals surface area contributed by atoms with E-state index in [-0.39, 0.29) is 37.1 Å². The molecule has 1 heterocycles. The van der Waals surface area contributed by atoms with Crippen molar-refractivity contribution in [2.24, 2.45) is 11.3 Å². The molecular weight excluding hydrogens is 382 g/mol. The Morgan fingerprint density at radius 1 is 1.17 bits per heavy atom. The maximum Gasteiger partial charge on any atom is 0.407 e. The van der Waals surface area contributed by atoms with Crippen LogP contribution in [0.15, 0.2) is 24.3 Å². The van der Waals surface area contributed by atoms with E-state index in [1.165, 1.54) is 19.1 Å². The van der Waals surface area contributed by atoms with Crippen molar-refractivity contribution in [3.05, 3.63) is 35.4 Å². The molecule has 0 saturated heterocycles. The number of alkyl halides is 2. The van der Waals surface area contributed by atoms with Gasteiger partial charge in [0.15, 0.2) is 0 Å². The van der Waals surface area contributed by atoms with Gasteiger partial charge in [0.25, 0.3) is 17.7 Å². The maximum absolute atomic E-state index is 15.2. The van der Waals surface area contributed by atoms with Gasteiger partial charge >= 0.3 is 6.09 Å². The second-order valence-electron chi connectivity index (χ2n) is 8.93. The molecule has 0 bridgehead atoms. The molecule has 1 N–H and O–H groups in total. The number of carbonyl (C=O) groups excluding carboxylic acids is 3. The molecule has 1 aromatic carbocycles. The van der Waals surface area contributed by atoms with Gasteiger partial charge in [-0.05, 0) is 45.7 Å². The number of amides is 3. The topological polar surface area (TPSA) is 75.7 Å². The minimum absolute atomic E-state index is 0.221. The monoisotopic (exact) mass is 408 g/mol. The number of halogens is 2. The van der Waals surface area contributed by atoms with Gasteiger partial charge in [-0.2, -0.15) is 0 Å². The van der Waals surface area contributed by atoms with Gasteiger partial charge in [0.1, 0.15) is 5.60 Å². The van der Waals surface area contributed by atoms with Crippen molar-refractivity contribution in [1.82, 2.24) is 10.2 Å². The van der Waals surface area contributed by atoms with Crippen LogP contribution < -0.4 is 5.32 Å². The number of carbonyl (C=O) groups is 3. The highest BCUT2D eigenvalue weighted by molar-refractivity contribution is 6.21. The molecule has 1 atom stereocenters. The standard InChI is InChI=1S/C21H26F2N2O4/c1-13(11-25-16(26)14-7-5-6-8-15(14)17(25)27)21(22,23)20(9-10-20)12-24-18(28)29-19(2,3)4/h5-8,13H,9-12H2,1-4H3,(H,24,28). The second-order valence-corrected chi connectivity index (χ2v) is 8.93. The van der Waals surface area contributed by atoms with Gasteiger partial charge < -0.3 is 10.1 Å². The van der Waals surface area contributed by atoms with Gasteiger partial charge in [0.2, 0.25) is 0 Å². The molecule has 3 amide bonds. The third-order valence-electron chi connectivity index (χ3n) is 5.48. The lowest BCUT2D eigenvalue weighted by Crippen LogP contribution is -2.49. The van der Waals surface area contributed by atoms with Gasteiger partial charge in [-0.15, -0.1) is 0 Å². The van der Waals surface area contributed by atoms with E-state index in [1.807, 2.05) is 0 Å². The number of hydrogen-bond acceptors (Lipinski definition) is 4. The molecule has 1 saturated carbocycles. The van der Waals surface area contributed by atoms with Crippen LogP contribution in [-0.2, 0) is 4.74 Å². The Morgan fingerprint density at radius 2 is 1.69 bits per heavy atom. The fourth-order valence-corrected chi connectivity index (χ4v) is 3.65. The number of benzene rings is 1. The van der Waals surface area contributed by atoms with Gasteiger partial charge in [0.05, 0.1) is 16.5 Å². The van der Waals surface area contributed by atoms with Crippen molar-refractivity contribution in [1.29, 1.82) is 0 Å². The Morgan fingerprint density at radius 3 is 2.14 bits per heavy atom. The summed E-state index contributed by atoms with van der Waals surface area (Å²) in [7, 11) is 0. The molecule has 0 spiro atoms. The first kappa shape index (κ1) is 21.2. The number of imide groups is 1. The fourth-order valence-electron chi connectivity index (χ4n) is 3.65. The Balaban J connectivity index is 1.66. The Kier molecular flexibility index (Phi) is 5.17. The summed E-state index contributed by atoms with van der Waals surface area (Å²) in [5.74, 6) is -5.53. The molecule has 1 aliphatic heterocycles. The normalized spacial score (nSPS) is 19.0. The van der Waals surface area contributed by atoms with Crippen molar-refractivity contribution in [2.45, 2.75) is 52.1 Å². The van der Waals surface area contributed by atoms with Crippen molar-refractivity contribution in [2.75, 3.05) is 13.1 Å². The second kappa shape index (κ2) is 7.07. The highest BCUT2D eigenvalue weighted by Gasteiger charge is 2.64. The van der Waals surface area contributed by atoms with E-state index in [4.69, 9.17) is 4.74 Å². The molecule has 158 valence electrons. The SMILES string of the molecule is CC(CN1C(=O)c2ccccc2C1=O)C(F)(F)C1(CNC(=O)OC(C)(C)C)CC1. The molecule has 0 radical (unpaired) electrons. The minimum Gasteiger partial charge on any atom is -0.444 e. The van der Waals surface area contributed by atoms with Gasteiger partial charge in [-0.3, -0.25) is 14.5 Å². The molecule has 1 fully saturated rings. The van der Waals surface area contributed by atoms with Gasteiger partial charge in [-0.1, -0.05) is 19.1 Å². The van der Waals surface area contributed by atoms with Crippen LogP contribution >= 0.6 is 0 Å². The Bertz CT molecular complexity index is 808. The average Bonchev–Trinajstić information content (AvgIpc) is 3.39. The van der Waals surface area contributed by atoms with Crippen molar-refractivity contribution < 1.29 is 27.9 Å². The number of hydrogen-bond donors (Lipinski definition) is 1. The lowest BCUT2D eigenvalue weighted by atomic mass is 9.87. The third kappa shape index (κ3) is 3.97. The molecule has 29 heavy (non-hydrogen) atoms. The summed E-state index contributed by atoms with van der Waals surface area (Å²) >= 11 is 0. The largest absolute Gasteiger partial charge is 0.444 e. The maximum atomic E-state index is 15.2. The molecule has 0 aromatic heterocycles. The highest BCUT2D eigenvalue weighted by atomic mass is 19.3. The zero-order valence-corrected chi connectivity index (χ0v) is 17.1. The summed E-state index contributed by atoms with van der Waals surface area (Å²) in [6, 6.07) is 6.30. The van der Waals surface area contributed by atoms with E-state index in [1.54, 1.807) is 32.9 Å². The lowest BCUT2D eigenvalue weighted by Gasteiger charge is -2.34. The van der Waals surface area contributed by atoms with Gasteiger partial charge in [0, 0.05) is 19.0 Å². The first-order chi connectivity index (χ1) is 13.4. The molecule has 1 aromatic rings. The molecular formula is C21H26F2N2O4. The lowest BCUT2D eigenvalue weighted by molar-refractivity contribution is -0.118. The molecule has 2 aliphatic rings. The quantitative estimate of drug-likeness (QED) is 0.726. The van der Waals surface area contributed by atoms with E-state index in [2.05, 4.69) is 5.32 Å². The zero-order valence-electron chi connectivity index (χ0n) is 17.1. The summed E-state index contributed by atoms with van der Waals surface area (Å²) < 4.78 is 35.6. The van der Waals surface area contributed by atoms with E-state index in [0.717, 1.165) is 4.90 Å². The molecule has 3 rings (SSSR count). The molecule has 6 nitrogen and oxygen atoms in total. The average molecular weight is 408 g/mol. The Hall–Kier alpha value is -2.51. The first-order valence-corrected chi connectivity index (χ1v) is 9.68. The summed E-state index contributed by atoms with van der Waals surface area (Å²) in [5, 5.41) is 2.44. The van der Waals surface area contributed by atoms with Crippen molar-refractivity contribution >= 4 is 17.9 Å². The van der Waals surface area contributed by atoms with Crippen LogP contribution in [0, 0.1) is 11.3 Å². The van der Waals surface area contributed by atoms with Crippen LogP contribution in [0.4, 0.5) is 13.6 Å². The number of fused-ring (bicyclic) bond motifs is 1. The zero-order chi connectivity index (χ0) is 21.6. The predicted molar refractivity (Wildman–Crippen MR) is 102 cm³/mol. The summed E-state index contributed by atoms with van der Waals surface area (Å²) in [5.41, 5.74) is -1.63. The summed E-state index contributed by atoms with van der Waals surface area (Å²) in [6.07, 6.45) is -0.239. The van der Waals surface area contributed by atoms with Crippen LogP contribution in [0.25, 0.3) is 0 Å². The molecule has 8 heteroatoms. The van der Waals surface area contributed by atoms with E-state index >= 15 is 8.78 Å². The third-order valence-corrected chi connectivity index (χ3v) is 5.48.